The maximum Gasteiger partial charge on any atom is 0.113 e. The number of likely N-dealkylation sites (tertiary alicyclic amines) is 1. The second kappa shape index (κ2) is 9.16. The van der Waals surface area contributed by atoms with Crippen LogP contribution >= 0.6 is 0 Å². The summed E-state index contributed by atoms with van der Waals surface area (Å²) in [4.78, 5) is 2.44. The fourth-order valence-corrected chi connectivity index (χ4v) is 3.78. The van der Waals surface area contributed by atoms with Crippen LogP contribution in [-0.4, -0.2) is 52.2 Å². The summed E-state index contributed by atoms with van der Waals surface area (Å²) in [5.74, 6) is 6.59. The van der Waals surface area contributed by atoms with Gasteiger partial charge in [0.1, 0.15) is 5.69 Å². The van der Waals surface area contributed by atoms with Crippen molar-refractivity contribution in [3.05, 3.63) is 36.0 Å². The number of nitrogens with zero attached hydrogens (tertiary/aromatic N) is 4. The van der Waals surface area contributed by atoms with Crippen LogP contribution in [0.5, 0.6) is 0 Å². The van der Waals surface area contributed by atoms with E-state index in [1.807, 2.05) is 10.9 Å². The number of benzene rings is 1. The molecule has 2 saturated heterocycles. The second-order valence-electron chi connectivity index (χ2n) is 7.53. The Morgan fingerprint density at radius 2 is 1.89 bits per heavy atom. The van der Waals surface area contributed by atoms with E-state index in [1.54, 1.807) is 0 Å². The maximum atomic E-state index is 5.79. The lowest BCUT2D eigenvalue weighted by molar-refractivity contribution is 0.00370. The molecule has 2 aliphatic rings. The lowest BCUT2D eigenvalue weighted by Crippen LogP contribution is -2.29. The van der Waals surface area contributed by atoms with Crippen molar-refractivity contribution in [3.63, 3.8) is 0 Å². The summed E-state index contributed by atoms with van der Waals surface area (Å²) >= 11 is 0. The zero-order valence-corrected chi connectivity index (χ0v) is 15.9. The van der Waals surface area contributed by atoms with Gasteiger partial charge in [0, 0.05) is 17.7 Å². The van der Waals surface area contributed by atoms with Crippen molar-refractivity contribution < 1.29 is 4.74 Å². The van der Waals surface area contributed by atoms with Gasteiger partial charge in [0.2, 0.25) is 0 Å². The third kappa shape index (κ3) is 5.18. The van der Waals surface area contributed by atoms with Gasteiger partial charge < -0.3 is 4.74 Å². The fraction of sp³-hybridized carbons (Fsp3) is 0.545. The van der Waals surface area contributed by atoms with Crippen LogP contribution in [-0.2, 0) is 11.3 Å². The summed E-state index contributed by atoms with van der Waals surface area (Å²) in [6.07, 6.45) is 9.79. The molecule has 1 atom stereocenters. The first kappa shape index (κ1) is 18.2. The number of rotatable bonds is 4. The minimum absolute atomic E-state index is 0.269. The highest BCUT2D eigenvalue weighted by molar-refractivity contribution is 5.59. The molecule has 2 aliphatic heterocycles. The van der Waals surface area contributed by atoms with E-state index in [2.05, 4.69) is 51.3 Å². The summed E-state index contributed by atoms with van der Waals surface area (Å²) in [6.45, 7) is 4.91. The Labute approximate surface area is 161 Å². The molecule has 0 amide bonds. The van der Waals surface area contributed by atoms with Crippen LogP contribution in [0.1, 0.15) is 44.1 Å². The van der Waals surface area contributed by atoms with Crippen molar-refractivity contribution in [1.29, 1.82) is 0 Å². The third-order valence-electron chi connectivity index (χ3n) is 5.37. The van der Waals surface area contributed by atoms with Gasteiger partial charge in [-0.15, -0.1) is 5.10 Å². The Kier molecular flexibility index (Phi) is 6.18. The minimum Gasteiger partial charge on any atom is -0.376 e. The van der Waals surface area contributed by atoms with E-state index < -0.39 is 0 Å². The number of hydrogen-bond acceptors (Lipinski definition) is 4. The molecule has 0 spiro atoms. The predicted molar refractivity (Wildman–Crippen MR) is 106 cm³/mol. The lowest BCUT2D eigenvalue weighted by Gasteiger charge is -2.23. The molecular weight excluding hydrogens is 336 g/mol. The van der Waals surface area contributed by atoms with E-state index in [0.29, 0.717) is 0 Å². The van der Waals surface area contributed by atoms with E-state index in [9.17, 15) is 0 Å². The van der Waals surface area contributed by atoms with Gasteiger partial charge in [-0.1, -0.05) is 35.6 Å². The molecule has 142 valence electrons. The topological polar surface area (TPSA) is 43.2 Å². The van der Waals surface area contributed by atoms with E-state index >= 15 is 0 Å². The molecule has 0 unspecified atom stereocenters. The van der Waals surface area contributed by atoms with Crippen molar-refractivity contribution in [2.45, 2.75) is 51.2 Å². The fourth-order valence-electron chi connectivity index (χ4n) is 3.78. The van der Waals surface area contributed by atoms with Crippen molar-refractivity contribution in [1.82, 2.24) is 19.9 Å². The molecule has 27 heavy (non-hydrogen) atoms. The molecule has 3 heterocycles. The number of aromatic nitrogens is 3. The van der Waals surface area contributed by atoms with E-state index in [-0.39, 0.29) is 6.10 Å². The molecular formula is C22H28N4O. The van der Waals surface area contributed by atoms with Gasteiger partial charge in [-0.25, -0.2) is 4.68 Å². The maximum absolute atomic E-state index is 5.79. The molecule has 0 N–H and O–H groups in total. The van der Waals surface area contributed by atoms with E-state index in [1.165, 1.54) is 45.2 Å². The molecule has 1 aromatic heterocycles. The monoisotopic (exact) mass is 364 g/mol. The van der Waals surface area contributed by atoms with Crippen molar-refractivity contribution in [3.8, 4) is 23.1 Å². The van der Waals surface area contributed by atoms with Crippen molar-refractivity contribution >= 4 is 0 Å². The van der Waals surface area contributed by atoms with Crippen LogP contribution in [0.15, 0.2) is 30.5 Å². The highest BCUT2D eigenvalue weighted by atomic mass is 16.5. The Morgan fingerprint density at radius 3 is 2.67 bits per heavy atom. The number of piperidine rings is 1. The molecule has 4 rings (SSSR count). The van der Waals surface area contributed by atoms with Gasteiger partial charge in [-0.2, -0.15) is 0 Å². The number of ether oxygens (including phenoxy) is 1. The van der Waals surface area contributed by atoms with Gasteiger partial charge in [0.15, 0.2) is 0 Å². The molecule has 5 heteroatoms. The largest absolute Gasteiger partial charge is 0.376 e. The second-order valence-corrected chi connectivity index (χ2v) is 7.53. The highest BCUT2D eigenvalue weighted by Gasteiger charge is 2.15. The van der Waals surface area contributed by atoms with Gasteiger partial charge >= 0.3 is 0 Å². The minimum atomic E-state index is 0.269. The Hall–Kier alpha value is -2.16. The lowest BCUT2D eigenvalue weighted by atomic mass is 10.1. The molecule has 5 nitrogen and oxygen atoms in total. The van der Waals surface area contributed by atoms with E-state index in [4.69, 9.17) is 4.74 Å². The smallest absolute Gasteiger partial charge is 0.113 e. The average molecular weight is 364 g/mol. The first-order chi connectivity index (χ1) is 13.4. The predicted octanol–water partition coefficient (Wildman–Crippen LogP) is 3.35. The van der Waals surface area contributed by atoms with Crippen molar-refractivity contribution in [2.24, 2.45) is 0 Å². The molecule has 2 fully saturated rings. The van der Waals surface area contributed by atoms with Crippen LogP contribution in [0, 0.1) is 11.8 Å². The zero-order chi connectivity index (χ0) is 18.3. The summed E-state index contributed by atoms with van der Waals surface area (Å²) in [6, 6.07) is 8.30. The summed E-state index contributed by atoms with van der Waals surface area (Å²) in [7, 11) is 0. The summed E-state index contributed by atoms with van der Waals surface area (Å²) in [5, 5.41) is 8.58. The van der Waals surface area contributed by atoms with Crippen LogP contribution < -0.4 is 0 Å². The quantitative estimate of drug-likeness (QED) is 0.781. The van der Waals surface area contributed by atoms with Gasteiger partial charge in [0.05, 0.1) is 25.4 Å². The first-order valence-electron chi connectivity index (χ1n) is 10.2. The molecule has 1 aromatic carbocycles. The molecule has 2 aromatic rings. The van der Waals surface area contributed by atoms with Crippen LogP contribution in [0.2, 0.25) is 0 Å². The highest BCUT2D eigenvalue weighted by Crippen LogP contribution is 2.18. The Balaban J connectivity index is 1.33. The van der Waals surface area contributed by atoms with Gasteiger partial charge in [-0.05, 0) is 57.3 Å². The molecule has 0 aliphatic carbocycles. The molecule has 0 radical (unpaired) electrons. The Morgan fingerprint density at radius 1 is 1.04 bits per heavy atom. The SMILES string of the molecule is C(#Cc1ccc(-c2cn(C[C@H]3CCCCO3)nn2)cc1)CN1CCCCC1. The van der Waals surface area contributed by atoms with Gasteiger partial charge in [0.25, 0.3) is 0 Å². The van der Waals surface area contributed by atoms with Crippen molar-refractivity contribution in [2.75, 3.05) is 26.2 Å². The number of hydrogen-bond donors (Lipinski definition) is 0. The van der Waals surface area contributed by atoms with Crippen LogP contribution in [0.4, 0.5) is 0 Å². The third-order valence-corrected chi connectivity index (χ3v) is 5.37. The first-order valence-corrected chi connectivity index (χ1v) is 10.2. The van der Waals surface area contributed by atoms with Gasteiger partial charge in [-0.3, -0.25) is 4.90 Å². The summed E-state index contributed by atoms with van der Waals surface area (Å²) in [5.41, 5.74) is 3.03. The zero-order valence-electron chi connectivity index (χ0n) is 15.9. The normalized spacial score (nSPS) is 20.8. The standard InChI is InChI=1S/C22H28N4O/c1-3-13-25(14-4-1)15-6-7-19-9-11-20(12-10-19)22-18-26(24-23-22)17-21-8-2-5-16-27-21/h9-12,18,21H,1-5,8,13-17H2/t21-/m1/s1. The van der Waals surface area contributed by atoms with E-state index in [0.717, 1.165) is 42.9 Å². The van der Waals surface area contributed by atoms with Crippen LogP contribution in [0.3, 0.4) is 0 Å². The molecule has 0 saturated carbocycles. The average Bonchev–Trinajstić information content (AvgIpc) is 3.19. The molecule has 0 bridgehead atoms. The summed E-state index contributed by atoms with van der Waals surface area (Å²) < 4.78 is 7.69. The Bertz CT molecular complexity index is 775. The van der Waals surface area contributed by atoms with Crippen LogP contribution in [0.25, 0.3) is 11.3 Å².